The summed E-state index contributed by atoms with van der Waals surface area (Å²) >= 11 is 0. The van der Waals surface area contributed by atoms with Gasteiger partial charge in [-0.05, 0) is 62.8 Å². The number of nitrogens with one attached hydrogen (secondary N) is 1. The molecule has 1 aliphatic rings. The van der Waals surface area contributed by atoms with Crippen LogP contribution in [0.4, 0.5) is 11.4 Å². The van der Waals surface area contributed by atoms with E-state index >= 15 is 0 Å². The molecule has 1 atom stereocenters. The van der Waals surface area contributed by atoms with Crippen LogP contribution < -0.4 is 10.2 Å². The van der Waals surface area contributed by atoms with Crippen molar-refractivity contribution in [3.05, 3.63) is 94.5 Å². The summed E-state index contributed by atoms with van der Waals surface area (Å²) < 4.78 is 0. The molecule has 3 nitrogen and oxygen atoms in total. The summed E-state index contributed by atoms with van der Waals surface area (Å²) in [6.07, 6.45) is -0.304. The molecule has 184 valence electrons. The second kappa shape index (κ2) is 8.55. The number of benzene rings is 3. The molecular formula is C32H40N2O. The molecule has 1 unspecified atom stereocenters. The molecule has 0 saturated carbocycles. The Kier molecular flexibility index (Phi) is 6.12. The van der Waals surface area contributed by atoms with Gasteiger partial charge in [0.15, 0.2) is 0 Å². The van der Waals surface area contributed by atoms with E-state index in [1.807, 2.05) is 29.2 Å². The topological polar surface area (TPSA) is 32.3 Å². The van der Waals surface area contributed by atoms with Crippen molar-refractivity contribution in [3.63, 3.8) is 0 Å². The smallest absolute Gasteiger partial charge is 0.262 e. The molecule has 1 N–H and O–H groups in total. The number of fused-ring (bicyclic) bond motifs is 1. The third-order valence-corrected chi connectivity index (χ3v) is 6.94. The minimum atomic E-state index is -0.304. The Hall–Kier alpha value is -3.07. The third-order valence-electron chi connectivity index (χ3n) is 6.94. The van der Waals surface area contributed by atoms with E-state index < -0.39 is 0 Å². The number of nitrogens with zero attached hydrogens (tertiary/aromatic N) is 1. The molecule has 1 heterocycles. The largest absolute Gasteiger partial charge is 0.360 e. The first-order chi connectivity index (χ1) is 16.2. The van der Waals surface area contributed by atoms with Crippen molar-refractivity contribution in [1.82, 2.24) is 0 Å². The summed E-state index contributed by atoms with van der Waals surface area (Å²) in [5, 5.41) is 3.70. The molecule has 0 spiro atoms. The molecular weight excluding hydrogens is 428 g/mol. The van der Waals surface area contributed by atoms with Gasteiger partial charge in [-0.1, -0.05) is 105 Å². The molecule has 0 aliphatic carbocycles. The Morgan fingerprint density at radius 2 is 1.17 bits per heavy atom. The maximum atomic E-state index is 13.9. The molecule has 1 aliphatic heterocycles. The Morgan fingerprint density at radius 3 is 1.69 bits per heavy atom. The Morgan fingerprint density at radius 1 is 0.657 bits per heavy atom. The van der Waals surface area contributed by atoms with Crippen LogP contribution in [0.2, 0.25) is 0 Å². The van der Waals surface area contributed by atoms with Crippen molar-refractivity contribution >= 4 is 17.3 Å². The molecule has 4 rings (SSSR count). The first-order valence-electron chi connectivity index (χ1n) is 12.6. The van der Waals surface area contributed by atoms with E-state index in [1.54, 1.807) is 0 Å². The van der Waals surface area contributed by atoms with E-state index in [2.05, 4.69) is 110 Å². The van der Waals surface area contributed by atoms with Crippen molar-refractivity contribution in [3.8, 4) is 0 Å². The normalized spacial score (nSPS) is 16.7. The molecule has 35 heavy (non-hydrogen) atoms. The van der Waals surface area contributed by atoms with Crippen molar-refractivity contribution in [2.75, 3.05) is 10.2 Å². The summed E-state index contributed by atoms with van der Waals surface area (Å²) in [6, 6.07) is 23.1. The second-order valence-electron chi connectivity index (χ2n) is 12.9. The number of anilines is 2. The van der Waals surface area contributed by atoms with E-state index in [4.69, 9.17) is 0 Å². The van der Waals surface area contributed by atoms with Crippen LogP contribution in [0, 0.1) is 0 Å². The lowest BCUT2D eigenvalue weighted by molar-refractivity contribution is 0.0975. The molecule has 3 aromatic carbocycles. The lowest BCUT2D eigenvalue weighted by Gasteiger charge is -2.39. The van der Waals surface area contributed by atoms with Crippen molar-refractivity contribution < 1.29 is 4.79 Å². The van der Waals surface area contributed by atoms with E-state index in [9.17, 15) is 4.79 Å². The van der Waals surface area contributed by atoms with E-state index in [-0.39, 0.29) is 28.3 Å². The number of hydrogen-bond acceptors (Lipinski definition) is 2. The van der Waals surface area contributed by atoms with Gasteiger partial charge < -0.3 is 5.32 Å². The first-order valence-corrected chi connectivity index (χ1v) is 12.6. The van der Waals surface area contributed by atoms with E-state index in [0.29, 0.717) is 5.56 Å². The molecule has 0 radical (unpaired) electrons. The van der Waals surface area contributed by atoms with Crippen LogP contribution in [0.1, 0.15) is 101 Å². The minimum absolute atomic E-state index is 0.00815. The van der Waals surface area contributed by atoms with Gasteiger partial charge in [0.1, 0.15) is 6.17 Å². The van der Waals surface area contributed by atoms with Crippen molar-refractivity contribution in [2.24, 2.45) is 0 Å². The number of carbonyl (C=O) groups excluding carboxylic acids is 1. The number of para-hydroxylation sites is 1. The van der Waals surface area contributed by atoms with Gasteiger partial charge >= 0.3 is 0 Å². The van der Waals surface area contributed by atoms with Crippen LogP contribution in [-0.2, 0) is 16.2 Å². The quantitative estimate of drug-likeness (QED) is 0.410. The molecule has 3 heteroatoms. The summed E-state index contributed by atoms with van der Waals surface area (Å²) in [4.78, 5) is 15.9. The molecule has 0 bridgehead atoms. The summed E-state index contributed by atoms with van der Waals surface area (Å²) in [7, 11) is 0. The van der Waals surface area contributed by atoms with Gasteiger partial charge in [-0.15, -0.1) is 0 Å². The molecule has 1 amide bonds. The van der Waals surface area contributed by atoms with Crippen LogP contribution in [0.5, 0.6) is 0 Å². The zero-order valence-electron chi connectivity index (χ0n) is 22.8. The average molecular weight is 469 g/mol. The number of hydrogen-bond donors (Lipinski definition) is 1. The number of rotatable bonds is 2. The third kappa shape index (κ3) is 5.00. The lowest BCUT2D eigenvalue weighted by Crippen LogP contribution is -2.43. The van der Waals surface area contributed by atoms with Crippen LogP contribution in [-0.4, -0.2) is 5.91 Å². The minimum Gasteiger partial charge on any atom is -0.360 e. The van der Waals surface area contributed by atoms with Crippen molar-refractivity contribution in [1.29, 1.82) is 0 Å². The fourth-order valence-electron chi connectivity index (χ4n) is 4.55. The highest BCUT2D eigenvalue weighted by molar-refractivity contribution is 6.12. The van der Waals surface area contributed by atoms with Gasteiger partial charge in [0.05, 0.1) is 5.56 Å². The number of carbonyl (C=O) groups is 1. The maximum Gasteiger partial charge on any atom is 0.262 e. The van der Waals surface area contributed by atoms with Crippen molar-refractivity contribution in [2.45, 2.75) is 84.7 Å². The van der Waals surface area contributed by atoms with Crippen LogP contribution in [0.3, 0.4) is 0 Å². The van der Waals surface area contributed by atoms with Gasteiger partial charge in [-0.3, -0.25) is 9.69 Å². The summed E-state index contributed by atoms with van der Waals surface area (Å²) in [5.41, 5.74) is 7.41. The van der Waals surface area contributed by atoms with Gasteiger partial charge in [0.25, 0.3) is 5.91 Å². The predicted octanol–water partition coefficient (Wildman–Crippen LogP) is 8.35. The zero-order valence-corrected chi connectivity index (χ0v) is 22.8. The molecule has 0 aromatic heterocycles. The van der Waals surface area contributed by atoms with Gasteiger partial charge in [0, 0.05) is 11.4 Å². The lowest BCUT2D eigenvalue weighted by atomic mass is 9.79. The average Bonchev–Trinajstić information content (AvgIpc) is 2.77. The highest BCUT2D eigenvalue weighted by Gasteiger charge is 2.35. The zero-order chi connectivity index (χ0) is 25.8. The second-order valence-corrected chi connectivity index (χ2v) is 12.9. The maximum absolute atomic E-state index is 13.9. The summed E-state index contributed by atoms with van der Waals surface area (Å²) in [6.45, 7) is 20.1. The van der Waals surface area contributed by atoms with Gasteiger partial charge in [0.2, 0.25) is 0 Å². The number of amides is 1. The van der Waals surface area contributed by atoms with Crippen LogP contribution in [0.25, 0.3) is 0 Å². The summed E-state index contributed by atoms with van der Waals surface area (Å²) in [5.74, 6) is 0.0197. The Labute approximate surface area is 211 Å². The fraction of sp³-hybridized carbons (Fsp3) is 0.406. The SMILES string of the molecule is CC(C)(C)c1ccc(N2C(=O)c3ccccc3NC2c2cc(C(C)(C)C)cc(C(C)(C)C)c2)cc1. The monoisotopic (exact) mass is 468 g/mol. The van der Waals surface area contributed by atoms with E-state index in [1.165, 1.54) is 16.7 Å². The molecule has 0 saturated heterocycles. The molecule has 3 aromatic rings. The van der Waals surface area contributed by atoms with Crippen LogP contribution in [0.15, 0.2) is 66.7 Å². The standard InChI is InChI=1S/C32H40N2O/c1-30(2,3)22-14-16-25(17-15-22)34-28(33-27-13-11-10-12-26(27)29(34)35)21-18-23(31(4,5)6)20-24(19-21)32(7,8)9/h10-20,28,33H,1-9H3. The highest BCUT2D eigenvalue weighted by Crippen LogP contribution is 2.40. The Balaban J connectivity index is 1.91. The van der Waals surface area contributed by atoms with E-state index in [0.717, 1.165) is 16.9 Å². The highest BCUT2D eigenvalue weighted by atomic mass is 16.2. The Bertz CT molecular complexity index is 1200. The molecule has 0 fully saturated rings. The van der Waals surface area contributed by atoms with Crippen LogP contribution >= 0.6 is 0 Å². The van der Waals surface area contributed by atoms with Gasteiger partial charge in [-0.2, -0.15) is 0 Å². The van der Waals surface area contributed by atoms with Gasteiger partial charge in [-0.25, -0.2) is 0 Å². The first kappa shape index (κ1) is 25.0. The predicted molar refractivity (Wildman–Crippen MR) is 149 cm³/mol. The fourth-order valence-corrected chi connectivity index (χ4v) is 4.55.